The highest BCUT2D eigenvalue weighted by atomic mass is 35.5. The van der Waals surface area contributed by atoms with E-state index in [0.717, 1.165) is 16.7 Å². The first-order valence-electron chi connectivity index (χ1n) is 6.20. The topological polar surface area (TPSA) is 82.7 Å². The summed E-state index contributed by atoms with van der Waals surface area (Å²) in [6.45, 7) is 0.209. The molecule has 3 aromatic rings. The van der Waals surface area contributed by atoms with E-state index in [2.05, 4.69) is 26.0 Å². The molecular formula is C14H14ClN5O. The van der Waals surface area contributed by atoms with E-state index in [9.17, 15) is 4.79 Å². The maximum absolute atomic E-state index is 11.8. The molecule has 0 unspecified atom stereocenters. The van der Waals surface area contributed by atoms with Gasteiger partial charge in [-0.1, -0.05) is 18.2 Å². The van der Waals surface area contributed by atoms with Crippen molar-refractivity contribution in [2.75, 3.05) is 17.2 Å². The molecule has 2 aromatic carbocycles. The van der Waals surface area contributed by atoms with Crippen LogP contribution in [0.5, 0.6) is 0 Å². The van der Waals surface area contributed by atoms with Gasteiger partial charge >= 0.3 is 0 Å². The van der Waals surface area contributed by atoms with Gasteiger partial charge in [-0.3, -0.25) is 4.79 Å². The van der Waals surface area contributed by atoms with Crippen LogP contribution < -0.4 is 10.6 Å². The van der Waals surface area contributed by atoms with Gasteiger partial charge in [-0.25, -0.2) is 0 Å². The summed E-state index contributed by atoms with van der Waals surface area (Å²) in [5, 5.41) is 16.3. The summed E-state index contributed by atoms with van der Waals surface area (Å²) in [4.78, 5) is 11.8. The second-order valence-corrected chi connectivity index (χ2v) is 4.29. The summed E-state index contributed by atoms with van der Waals surface area (Å²) < 4.78 is 0. The Labute approximate surface area is 127 Å². The number of halogens is 1. The van der Waals surface area contributed by atoms with Crippen molar-refractivity contribution in [1.82, 2.24) is 15.4 Å². The van der Waals surface area contributed by atoms with Crippen molar-refractivity contribution in [1.29, 1.82) is 0 Å². The Morgan fingerprint density at radius 1 is 1.00 bits per heavy atom. The van der Waals surface area contributed by atoms with Gasteiger partial charge in [-0.2, -0.15) is 15.4 Å². The van der Waals surface area contributed by atoms with Gasteiger partial charge in [0.1, 0.15) is 11.0 Å². The van der Waals surface area contributed by atoms with Gasteiger partial charge in [0.2, 0.25) is 5.91 Å². The lowest BCUT2D eigenvalue weighted by molar-refractivity contribution is -0.114. The molecule has 0 spiro atoms. The fourth-order valence-electron chi connectivity index (χ4n) is 1.86. The van der Waals surface area contributed by atoms with E-state index in [0.29, 0.717) is 5.69 Å². The number of aromatic amines is 1. The van der Waals surface area contributed by atoms with Gasteiger partial charge < -0.3 is 10.6 Å². The lowest BCUT2D eigenvalue weighted by Gasteiger charge is -2.07. The number of hydrogen-bond donors (Lipinski definition) is 3. The maximum Gasteiger partial charge on any atom is 0.243 e. The summed E-state index contributed by atoms with van der Waals surface area (Å²) in [6, 6.07) is 15.0. The number of amides is 1. The zero-order chi connectivity index (χ0) is 13.8. The first-order valence-corrected chi connectivity index (χ1v) is 6.20. The molecule has 0 bridgehead atoms. The Bertz CT molecular complexity index is 728. The number of anilines is 2. The van der Waals surface area contributed by atoms with E-state index in [-0.39, 0.29) is 24.9 Å². The average Bonchev–Trinajstić information content (AvgIpc) is 2.94. The number of carbonyl (C=O) groups excluding carboxylic acids is 1. The zero-order valence-electron chi connectivity index (χ0n) is 11.0. The number of para-hydroxylation sites is 1. The Morgan fingerprint density at radius 2 is 1.76 bits per heavy atom. The lowest BCUT2D eigenvalue weighted by atomic mass is 10.2. The summed E-state index contributed by atoms with van der Waals surface area (Å²) in [5.41, 5.74) is 3.10. The van der Waals surface area contributed by atoms with E-state index in [1.54, 1.807) is 18.2 Å². The van der Waals surface area contributed by atoms with Crippen LogP contribution in [0.15, 0.2) is 48.5 Å². The molecule has 1 aromatic heterocycles. The Kier molecular flexibility index (Phi) is 4.73. The van der Waals surface area contributed by atoms with E-state index in [1.165, 1.54) is 0 Å². The Hall–Kier alpha value is -2.60. The number of H-pyrrole nitrogens is 1. The van der Waals surface area contributed by atoms with Crippen LogP contribution in [0.25, 0.3) is 11.0 Å². The predicted octanol–water partition coefficient (Wildman–Crippen LogP) is 2.43. The smallest absolute Gasteiger partial charge is 0.243 e. The molecule has 6 nitrogen and oxygen atoms in total. The molecule has 0 saturated carbocycles. The van der Waals surface area contributed by atoms with Crippen molar-refractivity contribution in [3.05, 3.63) is 48.5 Å². The molecule has 108 valence electrons. The molecule has 0 atom stereocenters. The van der Waals surface area contributed by atoms with Crippen molar-refractivity contribution in [3.63, 3.8) is 0 Å². The van der Waals surface area contributed by atoms with Crippen LogP contribution >= 0.6 is 12.4 Å². The molecule has 0 radical (unpaired) electrons. The molecule has 0 fully saturated rings. The van der Waals surface area contributed by atoms with E-state index in [4.69, 9.17) is 0 Å². The van der Waals surface area contributed by atoms with Gasteiger partial charge in [0, 0.05) is 11.4 Å². The summed E-state index contributed by atoms with van der Waals surface area (Å²) in [5.74, 6) is -0.114. The van der Waals surface area contributed by atoms with Crippen LogP contribution in [0, 0.1) is 0 Å². The fourth-order valence-corrected chi connectivity index (χ4v) is 1.86. The number of aromatic nitrogens is 3. The monoisotopic (exact) mass is 303 g/mol. The number of carbonyl (C=O) groups is 1. The number of nitrogens with zero attached hydrogens (tertiary/aromatic N) is 2. The Morgan fingerprint density at radius 3 is 2.57 bits per heavy atom. The number of fused-ring (bicyclic) bond motifs is 1. The van der Waals surface area contributed by atoms with Crippen molar-refractivity contribution >= 4 is 40.7 Å². The minimum Gasteiger partial charge on any atom is -0.376 e. The molecule has 21 heavy (non-hydrogen) atoms. The number of nitrogens with one attached hydrogen (secondary N) is 3. The molecule has 0 aliphatic carbocycles. The number of benzene rings is 2. The molecular weight excluding hydrogens is 290 g/mol. The minimum absolute atomic E-state index is 0. The zero-order valence-corrected chi connectivity index (χ0v) is 11.9. The molecule has 7 heteroatoms. The first kappa shape index (κ1) is 14.8. The van der Waals surface area contributed by atoms with E-state index < -0.39 is 0 Å². The minimum atomic E-state index is -0.114. The number of hydrogen-bond acceptors (Lipinski definition) is 4. The van der Waals surface area contributed by atoms with Crippen LogP contribution in [-0.4, -0.2) is 27.9 Å². The van der Waals surface area contributed by atoms with Crippen LogP contribution in [0.3, 0.4) is 0 Å². The molecule has 0 saturated heterocycles. The summed E-state index contributed by atoms with van der Waals surface area (Å²) in [7, 11) is 0. The van der Waals surface area contributed by atoms with Crippen molar-refractivity contribution in [2.45, 2.75) is 0 Å². The molecule has 3 N–H and O–H groups in total. The van der Waals surface area contributed by atoms with Gasteiger partial charge in [-0.15, -0.1) is 12.4 Å². The molecule has 1 amide bonds. The van der Waals surface area contributed by atoms with Crippen molar-refractivity contribution in [2.24, 2.45) is 0 Å². The van der Waals surface area contributed by atoms with Crippen LogP contribution in [-0.2, 0) is 4.79 Å². The summed E-state index contributed by atoms with van der Waals surface area (Å²) in [6.07, 6.45) is 0. The maximum atomic E-state index is 11.8. The SMILES string of the molecule is Cl.O=C(CNc1ccccc1)Nc1ccc2n[nH]nc2c1. The average molecular weight is 304 g/mol. The van der Waals surface area contributed by atoms with Gasteiger partial charge in [0.05, 0.1) is 6.54 Å². The highest BCUT2D eigenvalue weighted by Gasteiger charge is 2.04. The molecule has 1 heterocycles. The molecule has 3 rings (SSSR count). The largest absolute Gasteiger partial charge is 0.376 e. The third kappa shape index (κ3) is 3.70. The second-order valence-electron chi connectivity index (χ2n) is 4.29. The van der Waals surface area contributed by atoms with Crippen molar-refractivity contribution < 1.29 is 4.79 Å². The van der Waals surface area contributed by atoms with Crippen LogP contribution in [0.1, 0.15) is 0 Å². The molecule has 0 aliphatic heterocycles. The standard InChI is InChI=1S/C14H13N5O.ClH/c20-14(9-15-10-4-2-1-3-5-10)16-11-6-7-12-13(8-11)18-19-17-12;/h1-8,15H,9H2,(H,16,20)(H,17,18,19);1H. The van der Waals surface area contributed by atoms with Crippen LogP contribution in [0.2, 0.25) is 0 Å². The van der Waals surface area contributed by atoms with Gasteiger partial charge in [0.15, 0.2) is 0 Å². The third-order valence-electron chi connectivity index (χ3n) is 2.83. The van der Waals surface area contributed by atoms with E-state index >= 15 is 0 Å². The Balaban J connectivity index is 0.00000161. The highest BCUT2D eigenvalue weighted by molar-refractivity contribution is 5.95. The quantitative estimate of drug-likeness (QED) is 0.691. The fraction of sp³-hybridized carbons (Fsp3) is 0.0714. The summed E-state index contributed by atoms with van der Waals surface area (Å²) >= 11 is 0. The highest BCUT2D eigenvalue weighted by Crippen LogP contribution is 2.14. The predicted molar refractivity (Wildman–Crippen MR) is 84.7 cm³/mol. The van der Waals surface area contributed by atoms with Gasteiger partial charge in [0.25, 0.3) is 0 Å². The van der Waals surface area contributed by atoms with Crippen LogP contribution in [0.4, 0.5) is 11.4 Å². The second kappa shape index (κ2) is 6.71. The lowest BCUT2D eigenvalue weighted by Crippen LogP contribution is -2.21. The first-order chi connectivity index (χ1) is 9.81. The molecule has 0 aliphatic rings. The third-order valence-corrected chi connectivity index (χ3v) is 2.83. The van der Waals surface area contributed by atoms with Gasteiger partial charge in [-0.05, 0) is 30.3 Å². The van der Waals surface area contributed by atoms with E-state index in [1.807, 2.05) is 30.3 Å². The normalized spacial score (nSPS) is 9.90. The number of rotatable bonds is 4. The van der Waals surface area contributed by atoms with Crippen molar-refractivity contribution in [3.8, 4) is 0 Å².